The quantitative estimate of drug-likeness (QED) is 0.516. The maximum atomic E-state index is 11.2. The second-order valence-corrected chi connectivity index (χ2v) is 9.62. The van der Waals surface area contributed by atoms with Gasteiger partial charge in [0.05, 0.1) is 11.4 Å². The zero-order valence-corrected chi connectivity index (χ0v) is 16.9. The molecule has 0 radical (unpaired) electrons. The molecule has 0 spiro atoms. The first-order valence-corrected chi connectivity index (χ1v) is 11.7. The van der Waals surface area contributed by atoms with Crippen LogP contribution >= 0.6 is 11.3 Å². The van der Waals surface area contributed by atoms with Crippen LogP contribution in [0.5, 0.6) is 0 Å². The molecule has 0 saturated carbocycles. The van der Waals surface area contributed by atoms with Crippen LogP contribution in [0.15, 0.2) is 10.4 Å². The molecule has 0 amide bonds. The highest BCUT2D eigenvalue weighted by atomic mass is 32.2. The molecular formula is C16H29N5O2S2. The number of guanidine groups is 1. The first kappa shape index (κ1) is 20.0. The third-order valence-electron chi connectivity index (χ3n) is 4.12. The molecule has 2 heterocycles. The fourth-order valence-corrected chi connectivity index (χ4v) is 4.36. The molecule has 2 N–H and O–H groups in total. The summed E-state index contributed by atoms with van der Waals surface area (Å²) in [5.74, 6) is 0.868. The molecular weight excluding hydrogens is 358 g/mol. The number of aromatic nitrogens is 1. The molecule has 1 aromatic heterocycles. The highest BCUT2D eigenvalue weighted by molar-refractivity contribution is 7.90. The smallest absolute Gasteiger partial charge is 0.191 e. The summed E-state index contributed by atoms with van der Waals surface area (Å²) in [6.45, 7) is 4.93. The number of sulfone groups is 1. The van der Waals surface area contributed by atoms with Crippen LogP contribution in [0.2, 0.25) is 0 Å². The monoisotopic (exact) mass is 387 g/mol. The number of hydrogen-bond acceptors (Lipinski definition) is 6. The number of nitrogens with zero attached hydrogens (tertiary/aromatic N) is 3. The molecule has 1 atom stereocenters. The number of hydrogen-bond donors (Lipinski definition) is 2. The van der Waals surface area contributed by atoms with Crippen LogP contribution in [-0.2, 0) is 16.3 Å². The Bertz CT molecular complexity index is 666. The van der Waals surface area contributed by atoms with Gasteiger partial charge >= 0.3 is 0 Å². The van der Waals surface area contributed by atoms with Crippen LogP contribution in [0.25, 0.3) is 0 Å². The van der Waals surface area contributed by atoms with Gasteiger partial charge in [0.2, 0.25) is 0 Å². The van der Waals surface area contributed by atoms with E-state index in [2.05, 4.69) is 25.9 Å². The molecule has 7 nitrogen and oxygen atoms in total. The Hall–Kier alpha value is -1.35. The lowest BCUT2D eigenvalue weighted by Crippen LogP contribution is -2.43. The Balaban J connectivity index is 1.72. The average molecular weight is 388 g/mol. The summed E-state index contributed by atoms with van der Waals surface area (Å²) in [5.41, 5.74) is 1.10. The lowest BCUT2D eigenvalue weighted by atomic mass is 10.3. The molecule has 142 valence electrons. The summed E-state index contributed by atoms with van der Waals surface area (Å²) in [6, 6.07) is 0.0435. The van der Waals surface area contributed by atoms with Gasteiger partial charge in [0.25, 0.3) is 0 Å². The van der Waals surface area contributed by atoms with E-state index < -0.39 is 9.84 Å². The minimum Gasteiger partial charge on any atom is -0.356 e. The molecule has 25 heavy (non-hydrogen) atoms. The minimum absolute atomic E-state index is 0.0435. The van der Waals surface area contributed by atoms with Crippen molar-refractivity contribution >= 4 is 32.3 Å². The van der Waals surface area contributed by atoms with Crippen molar-refractivity contribution < 1.29 is 8.42 Å². The van der Waals surface area contributed by atoms with Crippen molar-refractivity contribution in [2.24, 2.45) is 4.99 Å². The minimum atomic E-state index is -2.93. The van der Waals surface area contributed by atoms with Gasteiger partial charge in [0.1, 0.15) is 9.84 Å². The van der Waals surface area contributed by atoms with Gasteiger partial charge in [-0.25, -0.2) is 13.4 Å². The molecule has 2 rings (SSSR count). The summed E-state index contributed by atoms with van der Waals surface area (Å²) in [4.78, 5) is 11.3. The van der Waals surface area contributed by atoms with E-state index in [1.54, 1.807) is 18.4 Å². The standard InChI is InChI=1S/C16H29N5O2S2/c1-13(7-11-25(3,22)23)19-15(17-2)18-8-6-14-12-24-16(20-14)21-9-4-5-10-21/h12-13H,4-11H2,1-3H3,(H2,17,18,19). The fourth-order valence-electron chi connectivity index (χ4n) is 2.66. The Labute approximate surface area is 154 Å². The van der Waals surface area contributed by atoms with Gasteiger partial charge < -0.3 is 15.5 Å². The summed E-state index contributed by atoms with van der Waals surface area (Å²) in [7, 11) is -1.22. The third-order valence-corrected chi connectivity index (χ3v) is 6.05. The number of nitrogens with one attached hydrogen (secondary N) is 2. The van der Waals surface area contributed by atoms with Crippen molar-refractivity contribution in [3.63, 3.8) is 0 Å². The predicted octanol–water partition coefficient (Wildman–Crippen LogP) is 1.27. The molecule has 0 aromatic carbocycles. The molecule has 1 aliphatic rings. The van der Waals surface area contributed by atoms with E-state index in [9.17, 15) is 8.42 Å². The highest BCUT2D eigenvalue weighted by Crippen LogP contribution is 2.24. The van der Waals surface area contributed by atoms with E-state index in [0.717, 1.165) is 36.9 Å². The first-order valence-electron chi connectivity index (χ1n) is 8.71. The summed E-state index contributed by atoms with van der Waals surface area (Å²) < 4.78 is 22.5. The third kappa shape index (κ3) is 7.19. The van der Waals surface area contributed by atoms with Gasteiger partial charge in [-0.3, -0.25) is 4.99 Å². The second kappa shape index (κ2) is 9.38. The van der Waals surface area contributed by atoms with E-state index in [1.807, 2.05) is 6.92 Å². The van der Waals surface area contributed by atoms with Gasteiger partial charge in [0, 0.05) is 50.8 Å². The van der Waals surface area contributed by atoms with Gasteiger partial charge in [-0.05, 0) is 26.2 Å². The van der Waals surface area contributed by atoms with E-state index in [-0.39, 0.29) is 11.8 Å². The fraction of sp³-hybridized carbons (Fsp3) is 0.750. The molecule has 1 aromatic rings. The van der Waals surface area contributed by atoms with E-state index in [1.165, 1.54) is 19.1 Å². The average Bonchev–Trinajstić information content (AvgIpc) is 3.22. The summed E-state index contributed by atoms with van der Waals surface area (Å²) in [5, 5.41) is 9.74. The lowest BCUT2D eigenvalue weighted by molar-refractivity contribution is 0.581. The molecule has 1 fully saturated rings. The van der Waals surface area contributed by atoms with Crippen molar-refractivity contribution in [1.29, 1.82) is 0 Å². The number of aliphatic imine (C=N–C) groups is 1. The number of anilines is 1. The molecule has 0 aliphatic carbocycles. The first-order chi connectivity index (χ1) is 11.9. The molecule has 1 saturated heterocycles. The Morgan fingerprint density at radius 3 is 2.80 bits per heavy atom. The summed E-state index contributed by atoms with van der Waals surface area (Å²) in [6.07, 6.45) is 5.18. The van der Waals surface area contributed by atoms with Crippen molar-refractivity contribution in [3.05, 3.63) is 11.1 Å². The van der Waals surface area contributed by atoms with E-state index >= 15 is 0 Å². The van der Waals surface area contributed by atoms with E-state index in [4.69, 9.17) is 4.98 Å². The maximum absolute atomic E-state index is 11.2. The summed E-state index contributed by atoms with van der Waals surface area (Å²) >= 11 is 1.72. The predicted molar refractivity (Wildman–Crippen MR) is 106 cm³/mol. The second-order valence-electron chi connectivity index (χ2n) is 6.53. The Morgan fingerprint density at radius 1 is 1.44 bits per heavy atom. The number of rotatable bonds is 8. The van der Waals surface area contributed by atoms with Crippen LogP contribution < -0.4 is 15.5 Å². The largest absolute Gasteiger partial charge is 0.356 e. The van der Waals surface area contributed by atoms with Gasteiger partial charge in [-0.1, -0.05) is 0 Å². The van der Waals surface area contributed by atoms with Crippen molar-refractivity contribution in [2.75, 3.05) is 43.6 Å². The molecule has 1 aliphatic heterocycles. The van der Waals surface area contributed by atoms with Crippen LogP contribution in [0, 0.1) is 0 Å². The Kier molecular flexibility index (Phi) is 7.49. The van der Waals surface area contributed by atoms with Gasteiger partial charge in [-0.2, -0.15) is 0 Å². The topological polar surface area (TPSA) is 86.7 Å². The Morgan fingerprint density at radius 2 is 2.16 bits per heavy atom. The zero-order chi connectivity index (χ0) is 18.3. The van der Waals surface area contributed by atoms with Crippen LogP contribution in [0.3, 0.4) is 0 Å². The normalized spacial score (nSPS) is 16.9. The van der Waals surface area contributed by atoms with Crippen molar-refractivity contribution in [2.45, 2.75) is 38.6 Å². The molecule has 9 heteroatoms. The van der Waals surface area contributed by atoms with Crippen LogP contribution in [-0.4, -0.2) is 64.1 Å². The van der Waals surface area contributed by atoms with Gasteiger partial charge in [0.15, 0.2) is 11.1 Å². The SMILES string of the molecule is CN=C(NCCc1csc(N2CCCC2)n1)NC(C)CCS(C)(=O)=O. The van der Waals surface area contributed by atoms with Crippen LogP contribution in [0.1, 0.15) is 31.9 Å². The molecule has 1 unspecified atom stereocenters. The zero-order valence-electron chi connectivity index (χ0n) is 15.3. The lowest BCUT2D eigenvalue weighted by Gasteiger charge is -2.17. The van der Waals surface area contributed by atoms with Crippen molar-refractivity contribution in [3.8, 4) is 0 Å². The highest BCUT2D eigenvalue weighted by Gasteiger charge is 2.15. The molecule has 0 bridgehead atoms. The van der Waals surface area contributed by atoms with E-state index in [0.29, 0.717) is 12.4 Å². The van der Waals surface area contributed by atoms with Crippen molar-refractivity contribution in [1.82, 2.24) is 15.6 Å². The maximum Gasteiger partial charge on any atom is 0.191 e. The van der Waals surface area contributed by atoms with Crippen LogP contribution in [0.4, 0.5) is 5.13 Å². The number of thiazole rings is 1. The van der Waals surface area contributed by atoms with Gasteiger partial charge in [-0.15, -0.1) is 11.3 Å².